The van der Waals surface area contributed by atoms with Crippen molar-refractivity contribution in [1.82, 2.24) is 14.8 Å². The highest BCUT2D eigenvalue weighted by Gasteiger charge is 2.31. The summed E-state index contributed by atoms with van der Waals surface area (Å²) in [7, 11) is 0. The van der Waals surface area contributed by atoms with E-state index in [1.165, 1.54) is 0 Å². The number of amides is 2. The van der Waals surface area contributed by atoms with Crippen LogP contribution in [0.2, 0.25) is 0 Å². The Bertz CT molecular complexity index is 615. The second-order valence-electron chi connectivity index (χ2n) is 7.05. The minimum absolute atomic E-state index is 0.0427. The molecule has 2 rings (SSSR count). The summed E-state index contributed by atoms with van der Waals surface area (Å²) in [5.41, 5.74) is 0.359. The average Bonchev–Trinajstić information content (AvgIpc) is 2.45. The highest BCUT2D eigenvalue weighted by Crippen LogP contribution is 2.17. The monoisotopic (exact) mass is 397 g/mol. The van der Waals surface area contributed by atoms with E-state index < -0.39 is 5.60 Å². The smallest absolute Gasteiger partial charge is 0.410 e. The third-order valence-electron chi connectivity index (χ3n) is 3.72. The summed E-state index contributed by atoms with van der Waals surface area (Å²) in [5, 5.41) is 0. The Morgan fingerprint density at radius 2 is 2.04 bits per heavy atom. The molecule has 1 aromatic rings. The summed E-state index contributed by atoms with van der Waals surface area (Å²) in [6, 6.07) is 1.85. The third-order valence-corrected chi connectivity index (χ3v) is 4.15. The Labute approximate surface area is 151 Å². The van der Waals surface area contributed by atoms with Crippen LogP contribution in [0, 0.1) is 0 Å². The van der Waals surface area contributed by atoms with Crippen LogP contribution in [-0.4, -0.2) is 58.1 Å². The molecule has 1 fully saturated rings. The molecular formula is C17H24BrN3O3. The quantitative estimate of drug-likeness (QED) is 0.769. The van der Waals surface area contributed by atoms with Crippen LogP contribution in [0.25, 0.3) is 0 Å². The van der Waals surface area contributed by atoms with Crippen molar-refractivity contribution in [2.75, 3.05) is 19.6 Å². The Kier molecular flexibility index (Phi) is 5.85. The standard InChI is InChI=1S/C17H24BrN3O3/c1-12-11-20(16(23)24-17(2,3)4)5-6-21(12)15(22)8-13-7-14(18)10-19-9-13/h7,9-10,12H,5-6,8,11H2,1-4H3/t12-/m0/s1. The van der Waals surface area contributed by atoms with Crippen molar-refractivity contribution in [1.29, 1.82) is 0 Å². The fourth-order valence-electron chi connectivity index (χ4n) is 2.65. The maximum Gasteiger partial charge on any atom is 0.410 e. The molecule has 0 aromatic carbocycles. The van der Waals surface area contributed by atoms with Crippen LogP contribution < -0.4 is 0 Å². The summed E-state index contributed by atoms with van der Waals surface area (Å²) in [6.07, 6.45) is 3.38. The van der Waals surface area contributed by atoms with Crippen LogP contribution in [0.1, 0.15) is 33.3 Å². The van der Waals surface area contributed by atoms with Crippen molar-refractivity contribution in [3.05, 3.63) is 28.5 Å². The van der Waals surface area contributed by atoms with Crippen molar-refractivity contribution < 1.29 is 14.3 Å². The first-order chi connectivity index (χ1) is 11.2. The molecule has 0 bridgehead atoms. The van der Waals surface area contributed by atoms with Gasteiger partial charge in [-0.2, -0.15) is 0 Å². The number of rotatable bonds is 2. The van der Waals surface area contributed by atoms with Crippen molar-refractivity contribution in [2.24, 2.45) is 0 Å². The van der Waals surface area contributed by atoms with Crippen molar-refractivity contribution in [2.45, 2.75) is 45.8 Å². The zero-order chi connectivity index (χ0) is 17.9. The number of hydrogen-bond acceptors (Lipinski definition) is 4. The molecule has 1 atom stereocenters. The third kappa shape index (κ3) is 5.19. The van der Waals surface area contributed by atoms with Gasteiger partial charge in [-0.05, 0) is 55.3 Å². The zero-order valence-corrected chi connectivity index (χ0v) is 16.2. The highest BCUT2D eigenvalue weighted by atomic mass is 79.9. The molecule has 24 heavy (non-hydrogen) atoms. The van der Waals surface area contributed by atoms with Gasteiger partial charge in [0.05, 0.1) is 6.42 Å². The highest BCUT2D eigenvalue weighted by molar-refractivity contribution is 9.10. The van der Waals surface area contributed by atoms with E-state index in [4.69, 9.17) is 4.74 Å². The van der Waals surface area contributed by atoms with Gasteiger partial charge in [0.2, 0.25) is 5.91 Å². The van der Waals surface area contributed by atoms with E-state index in [0.29, 0.717) is 26.1 Å². The molecule has 0 aliphatic carbocycles. The molecular weight excluding hydrogens is 374 g/mol. The molecule has 0 saturated carbocycles. The van der Waals surface area contributed by atoms with E-state index in [1.54, 1.807) is 17.3 Å². The fraction of sp³-hybridized carbons (Fsp3) is 0.588. The van der Waals surface area contributed by atoms with Crippen LogP contribution in [0.4, 0.5) is 4.79 Å². The molecule has 0 unspecified atom stereocenters. The number of carbonyl (C=O) groups excluding carboxylic acids is 2. The van der Waals surface area contributed by atoms with Gasteiger partial charge < -0.3 is 14.5 Å². The largest absolute Gasteiger partial charge is 0.444 e. The lowest BCUT2D eigenvalue weighted by Gasteiger charge is -2.40. The number of nitrogens with zero attached hydrogens (tertiary/aromatic N) is 3. The number of carbonyl (C=O) groups is 2. The lowest BCUT2D eigenvalue weighted by molar-refractivity contribution is -0.134. The molecule has 1 aliphatic heterocycles. The maximum atomic E-state index is 12.5. The fourth-order valence-corrected chi connectivity index (χ4v) is 3.06. The second-order valence-corrected chi connectivity index (χ2v) is 7.97. The summed E-state index contributed by atoms with van der Waals surface area (Å²) in [5.74, 6) is 0.0474. The van der Waals surface area contributed by atoms with Gasteiger partial charge in [-0.3, -0.25) is 9.78 Å². The van der Waals surface area contributed by atoms with E-state index in [-0.39, 0.29) is 18.0 Å². The van der Waals surface area contributed by atoms with Gasteiger partial charge in [-0.25, -0.2) is 4.79 Å². The molecule has 2 amide bonds. The number of halogens is 1. The lowest BCUT2D eigenvalue weighted by Crippen LogP contribution is -2.56. The van der Waals surface area contributed by atoms with E-state index in [0.717, 1.165) is 10.0 Å². The number of hydrogen-bond donors (Lipinski definition) is 0. The first kappa shape index (κ1) is 18.7. The van der Waals surface area contributed by atoms with Crippen LogP contribution in [0.3, 0.4) is 0 Å². The van der Waals surface area contributed by atoms with Crippen molar-refractivity contribution >= 4 is 27.9 Å². The first-order valence-corrected chi connectivity index (χ1v) is 8.82. The maximum absolute atomic E-state index is 12.5. The van der Waals surface area contributed by atoms with Gasteiger partial charge in [0.1, 0.15) is 5.60 Å². The minimum atomic E-state index is -0.513. The molecule has 2 heterocycles. The summed E-state index contributed by atoms with van der Waals surface area (Å²) in [6.45, 7) is 8.98. The van der Waals surface area contributed by atoms with Crippen molar-refractivity contribution in [3.8, 4) is 0 Å². The predicted octanol–water partition coefficient (Wildman–Crippen LogP) is 2.85. The molecule has 1 aliphatic rings. The molecule has 0 spiro atoms. The van der Waals surface area contributed by atoms with E-state index in [9.17, 15) is 9.59 Å². The van der Waals surface area contributed by atoms with Gasteiger partial charge in [0.25, 0.3) is 0 Å². The van der Waals surface area contributed by atoms with Crippen LogP contribution in [0.15, 0.2) is 22.9 Å². The van der Waals surface area contributed by atoms with Crippen LogP contribution in [0.5, 0.6) is 0 Å². The Hall–Kier alpha value is -1.63. The Morgan fingerprint density at radius 1 is 1.33 bits per heavy atom. The van der Waals surface area contributed by atoms with Gasteiger partial charge in [0, 0.05) is 42.5 Å². The molecule has 0 radical (unpaired) electrons. The van der Waals surface area contributed by atoms with Gasteiger partial charge >= 0.3 is 6.09 Å². The SMILES string of the molecule is C[C@H]1CN(C(=O)OC(C)(C)C)CCN1C(=O)Cc1cncc(Br)c1. The van der Waals surface area contributed by atoms with Gasteiger partial charge in [0.15, 0.2) is 0 Å². The predicted molar refractivity (Wildman–Crippen MR) is 94.6 cm³/mol. The molecule has 7 heteroatoms. The lowest BCUT2D eigenvalue weighted by atomic mass is 10.1. The summed E-state index contributed by atoms with van der Waals surface area (Å²) < 4.78 is 6.26. The van der Waals surface area contributed by atoms with Crippen LogP contribution >= 0.6 is 15.9 Å². The summed E-state index contributed by atoms with van der Waals surface area (Å²) in [4.78, 5) is 32.3. The number of aromatic nitrogens is 1. The van der Waals surface area contributed by atoms with E-state index in [1.807, 2.05) is 38.7 Å². The molecule has 0 N–H and O–H groups in total. The number of pyridine rings is 1. The van der Waals surface area contributed by atoms with Gasteiger partial charge in [-0.1, -0.05) is 0 Å². The zero-order valence-electron chi connectivity index (χ0n) is 14.6. The molecule has 1 aromatic heterocycles. The van der Waals surface area contributed by atoms with E-state index in [2.05, 4.69) is 20.9 Å². The van der Waals surface area contributed by atoms with Crippen LogP contribution in [-0.2, 0) is 16.0 Å². The molecule has 1 saturated heterocycles. The molecule has 6 nitrogen and oxygen atoms in total. The average molecular weight is 398 g/mol. The van der Waals surface area contributed by atoms with Gasteiger partial charge in [-0.15, -0.1) is 0 Å². The van der Waals surface area contributed by atoms with Crippen molar-refractivity contribution in [3.63, 3.8) is 0 Å². The number of piperazine rings is 1. The Balaban J connectivity index is 1.93. The first-order valence-electron chi connectivity index (χ1n) is 8.02. The topological polar surface area (TPSA) is 62.7 Å². The molecule has 132 valence electrons. The Morgan fingerprint density at radius 3 is 2.62 bits per heavy atom. The second kappa shape index (κ2) is 7.51. The normalized spacial score (nSPS) is 18.5. The van der Waals surface area contributed by atoms with E-state index >= 15 is 0 Å². The minimum Gasteiger partial charge on any atom is -0.444 e. The summed E-state index contributed by atoms with van der Waals surface area (Å²) >= 11 is 3.36. The number of ether oxygens (including phenoxy) is 1.